The van der Waals surface area contributed by atoms with Crippen molar-refractivity contribution in [3.63, 3.8) is 0 Å². The third kappa shape index (κ3) is 4.73. The minimum atomic E-state index is 0.929. The number of aryl methyl sites for hydroxylation is 1. The molecular weight excluding hydrogens is 304 g/mol. The number of nitrogens with one attached hydrogen (secondary N) is 1. The Morgan fingerprint density at radius 3 is 2.68 bits per heavy atom. The zero-order valence-electron chi connectivity index (χ0n) is 15.6. The maximum atomic E-state index is 3.63. The van der Waals surface area contributed by atoms with E-state index in [1.165, 1.54) is 53.3 Å². The molecule has 25 heavy (non-hydrogen) atoms. The van der Waals surface area contributed by atoms with Gasteiger partial charge < -0.3 is 9.88 Å². The Morgan fingerprint density at radius 2 is 1.84 bits per heavy atom. The lowest BCUT2D eigenvalue weighted by molar-refractivity contribution is 0.598. The van der Waals surface area contributed by atoms with Crippen LogP contribution in [0.2, 0.25) is 0 Å². The van der Waals surface area contributed by atoms with E-state index in [2.05, 4.69) is 78.5 Å². The lowest BCUT2D eigenvalue weighted by atomic mass is 10.1. The van der Waals surface area contributed by atoms with Crippen molar-refractivity contribution in [2.75, 3.05) is 6.54 Å². The molecule has 0 spiro atoms. The summed E-state index contributed by atoms with van der Waals surface area (Å²) in [6.45, 7) is 7.41. The molecule has 2 heteroatoms. The molecule has 132 valence electrons. The zero-order chi connectivity index (χ0) is 17.5. The first-order chi connectivity index (χ1) is 12.3. The fourth-order valence-electron chi connectivity index (χ4n) is 3.50. The minimum Gasteiger partial charge on any atom is -0.343 e. The molecule has 2 nitrogen and oxygen atoms in total. The van der Waals surface area contributed by atoms with E-state index in [4.69, 9.17) is 0 Å². The summed E-state index contributed by atoms with van der Waals surface area (Å²) in [5.74, 6) is 0. The average Bonchev–Trinajstić information content (AvgIpc) is 2.96. The molecule has 0 saturated carbocycles. The number of aromatic nitrogens is 1. The Bertz CT molecular complexity index is 801. The van der Waals surface area contributed by atoms with Gasteiger partial charge in [-0.25, -0.2) is 0 Å². The van der Waals surface area contributed by atoms with Crippen molar-refractivity contribution < 1.29 is 0 Å². The fourth-order valence-corrected chi connectivity index (χ4v) is 3.50. The molecule has 1 N–H and O–H groups in total. The summed E-state index contributed by atoms with van der Waals surface area (Å²) in [5.41, 5.74) is 5.41. The Kier molecular flexibility index (Phi) is 6.30. The van der Waals surface area contributed by atoms with Crippen LogP contribution < -0.4 is 5.32 Å². The highest BCUT2D eigenvalue weighted by Gasteiger charge is 2.08. The van der Waals surface area contributed by atoms with Crippen LogP contribution in [-0.2, 0) is 13.1 Å². The van der Waals surface area contributed by atoms with Crippen LogP contribution in [0.1, 0.15) is 49.3 Å². The van der Waals surface area contributed by atoms with Crippen LogP contribution in [0.3, 0.4) is 0 Å². The van der Waals surface area contributed by atoms with E-state index in [9.17, 15) is 0 Å². The van der Waals surface area contributed by atoms with Gasteiger partial charge in [-0.1, -0.05) is 74.2 Å². The van der Waals surface area contributed by atoms with Gasteiger partial charge in [0.05, 0.1) is 0 Å². The molecule has 0 unspecified atom stereocenters. The highest BCUT2D eigenvalue weighted by molar-refractivity contribution is 5.84. The lowest BCUT2D eigenvalue weighted by Crippen LogP contribution is -2.14. The molecule has 3 rings (SSSR count). The topological polar surface area (TPSA) is 17.0 Å². The van der Waals surface area contributed by atoms with Crippen molar-refractivity contribution >= 4 is 10.9 Å². The summed E-state index contributed by atoms with van der Waals surface area (Å²) in [6, 6.07) is 17.6. The third-order valence-electron chi connectivity index (χ3n) is 4.83. The molecule has 0 radical (unpaired) electrons. The molecule has 1 aromatic heterocycles. The van der Waals surface area contributed by atoms with E-state index in [0.717, 1.165) is 19.6 Å². The second kappa shape index (κ2) is 8.87. The molecule has 0 atom stereocenters. The highest BCUT2D eigenvalue weighted by Crippen LogP contribution is 2.22. The standard InChI is InChI=1S/C23H30N2/c1-3-4-5-8-14-24-16-21-18-25(23-13-7-6-12-22(21)23)17-20-11-9-10-19(2)15-20/h6-7,9-13,15,18,24H,3-5,8,14,16-17H2,1-2H3. The molecule has 0 aliphatic rings. The lowest BCUT2D eigenvalue weighted by Gasteiger charge is -2.06. The summed E-state index contributed by atoms with van der Waals surface area (Å²) in [5, 5.41) is 5.00. The fraction of sp³-hybridized carbons (Fsp3) is 0.391. The van der Waals surface area contributed by atoms with Gasteiger partial charge in [0.2, 0.25) is 0 Å². The van der Waals surface area contributed by atoms with Crippen LogP contribution in [0.5, 0.6) is 0 Å². The second-order valence-corrected chi connectivity index (χ2v) is 7.03. The normalized spacial score (nSPS) is 11.3. The number of para-hydroxylation sites is 1. The summed E-state index contributed by atoms with van der Waals surface area (Å²) >= 11 is 0. The first-order valence-corrected chi connectivity index (χ1v) is 9.61. The summed E-state index contributed by atoms with van der Waals surface area (Å²) in [6.07, 6.45) is 7.57. The molecule has 2 aromatic carbocycles. The van der Waals surface area contributed by atoms with E-state index in [-0.39, 0.29) is 0 Å². The monoisotopic (exact) mass is 334 g/mol. The number of rotatable bonds is 9. The summed E-state index contributed by atoms with van der Waals surface area (Å²) < 4.78 is 2.39. The Hall–Kier alpha value is -2.06. The van der Waals surface area contributed by atoms with Crippen molar-refractivity contribution in [3.05, 3.63) is 71.4 Å². The van der Waals surface area contributed by atoms with E-state index in [1.807, 2.05) is 0 Å². The molecule has 0 fully saturated rings. The molecule has 0 aliphatic heterocycles. The van der Waals surface area contributed by atoms with Crippen LogP contribution in [-0.4, -0.2) is 11.1 Å². The van der Waals surface area contributed by atoms with E-state index in [0.29, 0.717) is 0 Å². The van der Waals surface area contributed by atoms with Gasteiger partial charge in [-0.3, -0.25) is 0 Å². The SMILES string of the molecule is CCCCCCNCc1cn(Cc2cccc(C)c2)c2ccccc12. The first-order valence-electron chi connectivity index (χ1n) is 9.61. The maximum absolute atomic E-state index is 3.63. The summed E-state index contributed by atoms with van der Waals surface area (Å²) in [7, 11) is 0. The van der Waals surface area contributed by atoms with Gasteiger partial charge in [0.25, 0.3) is 0 Å². The van der Waals surface area contributed by atoms with Crippen LogP contribution >= 0.6 is 0 Å². The molecule has 0 bridgehead atoms. The molecular formula is C23H30N2. The summed E-state index contributed by atoms with van der Waals surface area (Å²) in [4.78, 5) is 0. The van der Waals surface area contributed by atoms with E-state index >= 15 is 0 Å². The Balaban J connectivity index is 1.71. The van der Waals surface area contributed by atoms with Crippen molar-refractivity contribution in [1.29, 1.82) is 0 Å². The van der Waals surface area contributed by atoms with Crippen LogP contribution in [0.15, 0.2) is 54.7 Å². The largest absolute Gasteiger partial charge is 0.343 e. The van der Waals surface area contributed by atoms with E-state index < -0.39 is 0 Å². The molecule has 3 aromatic rings. The number of hydrogen-bond acceptors (Lipinski definition) is 1. The Labute approximate surface area is 151 Å². The zero-order valence-corrected chi connectivity index (χ0v) is 15.6. The number of hydrogen-bond donors (Lipinski definition) is 1. The van der Waals surface area contributed by atoms with E-state index in [1.54, 1.807) is 0 Å². The third-order valence-corrected chi connectivity index (χ3v) is 4.83. The van der Waals surface area contributed by atoms with Gasteiger partial charge in [0.15, 0.2) is 0 Å². The van der Waals surface area contributed by atoms with Crippen LogP contribution in [0.4, 0.5) is 0 Å². The number of fused-ring (bicyclic) bond motifs is 1. The van der Waals surface area contributed by atoms with Gasteiger partial charge in [0.1, 0.15) is 0 Å². The van der Waals surface area contributed by atoms with Crippen LogP contribution in [0.25, 0.3) is 10.9 Å². The van der Waals surface area contributed by atoms with Gasteiger partial charge in [-0.2, -0.15) is 0 Å². The van der Waals surface area contributed by atoms with Crippen molar-refractivity contribution in [1.82, 2.24) is 9.88 Å². The predicted octanol–water partition coefficient (Wildman–Crippen LogP) is 5.67. The molecule has 0 saturated heterocycles. The molecule has 0 aliphatic carbocycles. The van der Waals surface area contributed by atoms with Crippen molar-refractivity contribution in [2.24, 2.45) is 0 Å². The van der Waals surface area contributed by atoms with Gasteiger partial charge in [-0.05, 0) is 37.1 Å². The van der Waals surface area contributed by atoms with Gasteiger partial charge in [-0.15, -0.1) is 0 Å². The van der Waals surface area contributed by atoms with Gasteiger partial charge in [0, 0.05) is 30.2 Å². The predicted molar refractivity (Wildman–Crippen MR) is 108 cm³/mol. The van der Waals surface area contributed by atoms with Crippen LogP contribution in [0, 0.1) is 6.92 Å². The maximum Gasteiger partial charge on any atom is 0.0486 e. The van der Waals surface area contributed by atoms with Crippen molar-refractivity contribution in [3.8, 4) is 0 Å². The van der Waals surface area contributed by atoms with Crippen molar-refractivity contribution in [2.45, 2.75) is 52.6 Å². The average molecular weight is 335 g/mol. The first kappa shape index (κ1) is 17.8. The molecule has 0 amide bonds. The Morgan fingerprint density at radius 1 is 0.960 bits per heavy atom. The highest BCUT2D eigenvalue weighted by atomic mass is 15.0. The number of unbranched alkanes of at least 4 members (excludes halogenated alkanes) is 3. The minimum absolute atomic E-state index is 0.929. The second-order valence-electron chi connectivity index (χ2n) is 7.03. The molecule has 1 heterocycles. The smallest absolute Gasteiger partial charge is 0.0486 e. The quantitative estimate of drug-likeness (QED) is 0.499. The van der Waals surface area contributed by atoms with Gasteiger partial charge >= 0.3 is 0 Å². The number of nitrogens with zero attached hydrogens (tertiary/aromatic N) is 1. The number of benzene rings is 2.